The third kappa shape index (κ3) is 1.70. The lowest BCUT2D eigenvalue weighted by Crippen LogP contribution is -2.08. The molecule has 0 amide bonds. The second-order valence-electron chi connectivity index (χ2n) is 2.82. The molecular weight excluding hydrogens is 198 g/mol. The minimum Gasteiger partial charge on any atom is -0.405 e. The quantitative estimate of drug-likeness (QED) is 0.707. The van der Waals surface area contributed by atoms with Gasteiger partial charge in [-0.1, -0.05) is 6.07 Å². The van der Waals surface area contributed by atoms with Gasteiger partial charge in [-0.3, -0.25) is 0 Å². The molecule has 72 valence electrons. The van der Waals surface area contributed by atoms with Gasteiger partial charge in [0.15, 0.2) is 0 Å². The molecule has 0 aliphatic carbocycles. The fourth-order valence-corrected chi connectivity index (χ4v) is 1.69. The molecule has 0 unspecified atom stereocenters. The number of aryl methyl sites for hydroxylation is 1. The number of hydrogen-bond donors (Lipinski definition) is 0. The molecule has 14 heavy (non-hydrogen) atoms. The van der Waals surface area contributed by atoms with Gasteiger partial charge in [0.25, 0.3) is 0 Å². The van der Waals surface area contributed by atoms with E-state index in [1.807, 2.05) is 30.8 Å². The SMILES string of the molecule is Cn1cccc1OC(=O)c1cccs1. The normalized spacial score (nSPS) is 10.1. The Bertz CT molecular complexity index is 431. The Kier molecular flexibility index (Phi) is 2.37. The van der Waals surface area contributed by atoms with Crippen molar-refractivity contribution in [3.05, 3.63) is 40.7 Å². The van der Waals surface area contributed by atoms with Crippen LogP contribution in [0.1, 0.15) is 9.67 Å². The van der Waals surface area contributed by atoms with Gasteiger partial charge in [-0.2, -0.15) is 0 Å². The second kappa shape index (κ2) is 3.67. The topological polar surface area (TPSA) is 31.2 Å². The molecule has 2 aromatic heterocycles. The molecule has 0 saturated carbocycles. The number of aromatic nitrogens is 1. The summed E-state index contributed by atoms with van der Waals surface area (Å²) in [5.74, 6) is 0.255. The summed E-state index contributed by atoms with van der Waals surface area (Å²) < 4.78 is 6.92. The van der Waals surface area contributed by atoms with Crippen LogP contribution in [0.5, 0.6) is 5.88 Å². The van der Waals surface area contributed by atoms with Crippen molar-refractivity contribution in [1.82, 2.24) is 4.57 Å². The molecule has 0 N–H and O–H groups in total. The van der Waals surface area contributed by atoms with E-state index in [2.05, 4.69) is 0 Å². The zero-order chi connectivity index (χ0) is 9.97. The Hall–Kier alpha value is -1.55. The van der Waals surface area contributed by atoms with E-state index in [0.29, 0.717) is 10.8 Å². The van der Waals surface area contributed by atoms with E-state index in [9.17, 15) is 4.79 Å². The van der Waals surface area contributed by atoms with Crippen molar-refractivity contribution in [3.63, 3.8) is 0 Å². The molecule has 0 aliphatic heterocycles. The summed E-state index contributed by atoms with van der Waals surface area (Å²) in [4.78, 5) is 12.1. The zero-order valence-corrected chi connectivity index (χ0v) is 8.45. The van der Waals surface area contributed by atoms with Crippen LogP contribution >= 0.6 is 11.3 Å². The van der Waals surface area contributed by atoms with Gasteiger partial charge >= 0.3 is 5.97 Å². The first-order valence-corrected chi connectivity index (χ1v) is 5.02. The summed E-state index contributed by atoms with van der Waals surface area (Å²) in [6.07, 6.45) is 1.83. The minimum atomic E-state index is -0.304. The van der Waals surface area contributed by atoms with Gasteiger partial charge < -0.3 is 9.30 Å². The van der Waals surface area contributed by atoms with Crippen LogP contribution in [0.3, 0.4) is 0 Å². The summed E-state index contributed by atoms with van der Waals surface area (Å²) in [5.41, 5.74) is 0. The van der Waals surface area contributed by atoms with Crippen LogP contribution < -0.4 is 4.74 Å². The number of nitrogens with zero attached hydrogens (tertiary/aromatic N) is 1. The predicted octanol–water partition coefficient (Wildman–Crippen LogP) is 2.31. The average molecular weight is 207 g/mol. The fraction of sp³-hybridized carbons (Fsp3) is 0.100. The Morgan fingerprint density at radius 3 is 2.86 bits per heavy atom. The smallest absolute Gasteiger partial charge is 0.354 e. The van der Waals surface area contributed by atoms with Gasteiger partial charge in [-0.15, -0.1) is 11.3 Å². The maximum Gasteiger partial charge on any atom is 0.354 e. The molecule has 0 spiro atoms. The summed E-state index contributed by atoms with van der Waals surface area (Å²) in [7, 11) is 1.83. The van der Waals surface area contributed by atoms with Crippen molar-refractivity contribution in [3.8, 4) is 5.88 Å². The summed E-state index contributed by atoms with van der Waals surface area (Å²) in [6.45, 7) is 0. The predicted molar refractivity (Wildman–Crippen MR) is 54.7 cm³/mol. The lowest BCUT2D eigenvalue weighted by atomic mass is 10.5. The van der Waals surface area contributed by atoms with E-state index in [-0.39, 0.29) is 5.97 Å². The van der Waals surface area contributed by atoms with Crippen molar-refractivity contribution < 1.29 is 9.53 Å². The van der Waals surface area contributed by atoms with Crippen molar-refractivity contribution in [2.45, 2.75) is 0 Å². The fourth-order valence-electron chi connectivity index (χ4n) is 1.09. The number of ether oxygens (including phenoxy) is 1. The Balaban J connectivity index is 2.13. The second-order valence-corrected chi connectivity index (χ2v) is 3.77. The molecule has 0 radical (unpaired) electrons. The summed E-state index contributed by atoms with van der Waals surface area (Å²) in [5, 5.41) is 1.85. The zero-order valence-electron chi connectivity index (χ0n) is 7.64. The van der Waals surface area contributed by atoms with Gasteiger partial charge in [0.1, 0.15) is 4.88 Å². The Morgan fingerprint density at radius 2 is 2.29 bits per heavy atom. The lowest BCUT2D eigenvalue weighted by Gasteiger charge is -2.02. The van der Waals surface area contributed by atoms with Gasteiger partial charge in [-0.25, -0.2) is 4.79 Å². The number of thiophene rings is 1. The van der Waals surface area contributed by atoms with Crippen LogP contribution in [0, 0.1) is 0 Å². The van der Waals surface area contributed by atoms with E-state index in [1.165, 1.54) is 11.3 Å². The van der Waals surface area contributed by atoms with Crippen molar-refractivity contribution in [2.75, 3.05) is 0 Å². The van der Waals surface area contributed by atoms with Crippen molar-refractivity contribution >= 4 is 17.3 Å². The highest BCUT2D eigenvalue weighted by atomic mass is 32.1. The standard InChI is InChI=1S/C10H9NO2S/c1-11-6-2-5-9(11)13-10(12)8-4-3-7-14-8/h2-7H,1H3. The van der Waals surface area contributed by atoms with Gasteiger partial charge in [-0.05, 0) is 17.5 Å². The minimum absolute atomic E-state index is 0.304. The largest absolute Gasteiger partial charge is 0.405 e. The lowest BCUT2D eigenvalue weighted by molar-refractivity contribution is 0.0727. The van der Waals surface area contributed by atoms with E-state index in [4.69, 9.17) is 4.74 Å². The number of esters is 1. The molecule has 0 saturated heterocycles. The first-order valence-electron chi connectivity index (χ1n) is 4.14. The molecule has 2 heterocycles. The molecule has 0 aliphatic rings. The van der Waals surface area contributed by atoms with Crippen LogP contribution in [0.2, 0.25) is 0 Å². The molecule has 0 aromatic carbocycles. The van der Waals surface area contributed by atoms with Crippen molar-refractivity contribution in [1.29, 1.82) is 0 Å². The average Bonchev–Trinajstić information content (AvgIpc) is 2.77. The molecule has 0 atom stereocenters. The number of rotatable bonds is 2. The maximum atomic E-state index is 11.5. The molecule has 3 nitrogen and oxygen atoms in total. The molecular formula is C10H9NO2S. The third-order valence-electron chi connectivity index (χ3n) is 1.82. The number of carbonyl (C=O) groups excluding carboxylic acids is 1. The first-order chi connectivity index (χ1) is 6.77. The molecule has 0 fully saturated rings. The summed E-state index contributed by atoms with van der Waals surface area (Å²) >= 11 is 1.37. The first kappa shape index (κ1) is 9.02. The van der Waals surface area contributed by atoms with Crippen LogP contribution in [-0.2, 0) is 7.05 Å². The van der Waals surface area contributed by atoms with Gasteiger partial charge in [0.05, 0.1) is 0 Å². The molecule has 4 heteroatoms. The van der Waals surface area contributed by atoms with Crippen LogP contribution in [0.25, 0.3) is 0 Å². The van der Waals surface area contributed by atoms with E-state index >= 15 is 0 Å². The molecule has 0 bridgehead atoms. The maximum absolute atomic E-state index is 11.5. The summed E-state index contributed by atoms with van der Waals surface area (Å²) in [6, 6.07) is 7.16. The molecule has 2 aromatic rings. The highest BCUT2D eigenvalue weighted by molar-refractivity contribution is 7.12. The Labute approximate surface area is 85.6 Å². The van der Waals surface area contributed by atoms with Gasteiger partial charge in [0, 0.05) is 19.3 Å². The van der Waals surface area contributed by atoms with E-state index < -0.39 is 0 Å². The monoisotopic (exact) mass is 207 g/mol. The van der Waals surface area contributed by atoms with E-state index in [0.717, 1.165) is 0 Å². The van der Waals surface area contributed by atoms with Crippen LogP contribution in [0.4, 0.5) is 0 Å². The molecule has 2 rings (SSSR count). The highest BCUT2D eigenvalue weighted by Gasteiger charge is 2.10. The van der Waals surface area contributed by atoms with Crippen LogP contribution in [0.15, 0.2) is 35.8 Å². The number of hydrogen-bond acceptors (Lipinski definition) is 3. The highest BCUT2D eigenvalue weighted by Crippen LogP contribution is 2.15. The van der Waals surface area contributed by atoms with E-state index in [1.54, 1.807) is 16.7 Å². The van der Waals surface area contributed by atoms with Crippen molar-refractivity contribution in [2.24, 2.45) is 7.05 Å². The van der Waals surface area contributed by atoms with Crippen LogP contribution in [-0.4, -0.2) is 10.5 Å². The number of carbonyl (C=O) groups is 1. The van der Waals surface area contributed by atoms with Gasteiger partial charge in [0.2, 0.25) is 5.88 Å². The Morgan fingerprint density at radius 1 is 1.43 bits per heavy atom. The third-order valence-corrected chi connectivity index (χ3v) is 2.67.